The Bertz CT molecular complexity index is 550. The van der Waals surface area contributed by atoms with Crippen LogP contribution in [0, 0.1) is 0 Å². The number of benzene rings is 1. The molecule has 1 N–H and O–H groups in total. The van der Waals surface area contributed by atoms with Gasteiger partial charge in [0.2, 0.25) is 5.91 Å². The number of carbonyl (C=O) groups excluding carboxylic acids is 1. The highest BCUT2D eigenvalue weighted by molar-refractivity contribution is 5.75. The monoisotopic (exact) mass is 345 g/mol. The van der Waals surface area contributed by atoms with Crippen molar-refractivity contribution in [2.75, 3.05) is 39.8 Å². The predicted molar refractivity (Wildman–Crippen MR) is 99.3 cm³/mol. The van der Waals surface area contributed by atoms with E-state index in [2.05, 4.69) is 46.4 Å². The van der Waals surface area contributed by atoms with E-state index in [1.54, 1.807) is 0 Å². The molecule has 0 bridgehead atoms. The van der Waals surface area contributed by atoms with Crippen molar-refractivity contribution in [3.05, 3.63) is 35.4 Å². The molecule has 0 aliphatic carbocycles. The van der Waals surface area contributed by atoms with Crippen molar-refractivity contribution in [3.63, 3.8) is 0 Å². The van der Waals surface area contributed by atoms with E-state index in [9.17, 15) is 4.79 Å². The largest absolute Gasteiger partial charge is 0.378 e. The van der Waals surface area contributed by atoms with Crippen LogP contribution in [0.1, 0.15) is 36.8 Å². The lowest BCUT2D eigenvalue weighted by atomic mass is 10.1. The van der Waals surface area contributed by atoms with Gasteiger partial charge in [0, 0.05) is 52.3 Å². The zero-order valence-corrected chi connectivity index (χ0v) is 15.4. The second kappa shape index (κ2) is 9.32. The summed E-state index contributed by atoms with van der Waals surface area (Å²) in [6, 6.07) is 8.59. The molecule has 0 aromatic heterocycles. The molecule has 0 spiro atoms. The van der Waals surface area contributed by atoms with E-state index in [0.29, 0.717) is 13.0 Å². The molecule has 1 aromatic rings. The van der Waals surface area contributed by atoms with Gasteiger partial charge in [-0.2, -0.15) is 0 Å². The SMILES string of the molecule is CN1CCN(Cc2cccc(CNC(=O)CC[C@H]3CCCO3)c2)CC1. The van der Waals surface area contributed by atoms with Crippen molar-refractivity contribution < 1.29 is 9.53 Å². The average molecular weight is 345 g/mol. The van der Waals surface area contributed by atoms with Crippen LogP contribution in [0.5, 0.6) is 0 Å². The number of hydrogen-bond acceptors (Lipinski definition) is 4. The standard InChI is InChI=1S/C20H31N3O2/c1-22-9-11-23(12-10-22)16-18-5-2-4-17(14-18)15-21-20(24)8-7-19-6-3-13-25-19/h2,4-5,14,19H,3,6-13,15-16H2,1H3,(H,21,24)/t19-/m1/s1. The minimum atomic E-state index is 0.125. The summed E-state index contributed by atoms with van der Waals surface area (Å²) in [7, 11) is 2.18. The first-order valence-electron chi connectivity index (χ1n) is 9.56. The maximum absolute atomic E-state index is 12.0. The molecule has 138 valence electrons. The summed E-state index contributed by atoms with van der Waals surface area (Å²) in [6.45, 7) is 6.99. The molecule has 2 fully saturated rings. The lowest BCUT2D eigenvalue weighted by Gasteiger charge is -2.32. The Morgan fingerprint density at radius 2 is 2.04 bits per heavy atom. The third-order valence-corrected chi connectivity index (χ3v) is 5.20. The predicted octanol–water partition coefficient (Wildman–Crippen LogP) is 2.01. The first kappa shape index (κ1) is 18.4. The topological polar surface area (TPSA) is 44.8 Å². The highest BCUT2D eigenvalue weighted by Crippen LogP contribution is 2.16. The number of hydrogen-bond donors (Lipinski definition) is 1. The van der Waals surface area contributed by atoms with Gasteiger partial charge in [0.1, 0.15) is 0 Å². The first-order valence-corrected chi connectivity index (χ1v) is 9.56. The van der Waals surface area contributed by atoms with Gasteiger partial charge in [-0.05, 0) is 37.4 Å². The smallest absolute Gasteiger partial charge is 0.220 e. The Balaban J connectivity index is 1.40. The van der Waals surface area contributed by atoms with Crippen LogP contribution in [0.3, 0.4) is 0 Å². The molecule has 2 aliphatic rings. The van der Waals surface area contributed by atoms with E-state index in [1.807, 2.05) is 0 Å². The summed E-state index contributed by atoms with van der Waals surface area (Å²) in [4.78, 5) is 16.9. The van der Waals surface area contributed by atoms with Gasteiger partial charge in [0.15, 0.2) is 0 Å². The quantitative estimate of drug-likeness (QED) is 0.821. The molecule has 2 saturated heterocycles. The van der Waals surface area contributed by atoms with Crippen molar-refractivity contribution in [2.45, 2.75) is 44.9 Å². The van der Waals surface area contributed by atoms with Crippen molar-refractivity contribution in [2.24, 2.45) is 0 Å². The van der Waals surface area contributed by atoms with Crippen LogP contribution in [0.2, 0.25) is 0 Å². The molecule has 2 heterocycles. The maximum atomic E-state index is 12.0. The van der Waals surface area contributed by atoms with E-state index in [1.165, 1.54) is 11.1 Å². The summed E-state index contributed by atoms with van der Waals surface area (Å²) in [5.41, 5.74) is 2.51. The minimum absolute atomic E-state index is 0.125. The summed E-state index contributed by atoms with van der Waals surface area (Å²) in [6.07, 6.45) is 3.92. The van der Waals surface area contributed by atoms with Gasteiger partial charge in [-0.15, -0.1) is 0 Å². The number of amides is 1. The number of nitrogens with zero attached hydrogens (tertiary/aromatic N) is 2. The fraction of sp³-hybridized carbons (Fsp3) is 0.650. The van der Waals surface area contributed by atoms with Crippen LogP contribution in [0.15, 0.2) is 24.3 Å². The molecular formula is C20H31N3O2. The highest BCUT2D eigenvalue weighted by atomic mass is 16.5. The molecule has 5 heteroatoms. The lowest BCUT2D eigenvalue weighted by Crippen LogP contribution is -2.43. The van der Waals surface area contributed by atoms with Crippen LogP contribution >= 0.6 is 0 Å². The van der Waals surface area contributed by atoms with Crippen LogP contribution in [-0.4, -0.2) is 61.6 Å². The molecular weight excluding hydrogens is 314 g/mol. The van der Waals surface area contributed by atoms with Crippen molar-refractivity contribution in [1.29, 1.82) is 0 Å². The van der Waals surface area contributed by atoms with Gasteiger partial charge in [0.25, 0.3) is 0 Å². The number of piperazine rings is 1. The van der Waals surface area contributed by atoms with Gasteiger partial charge in [-0.25, -0.2) is 0 Å². The van der Waals surface area contributed by atoms with Crippen LogP contribution < -0.4 is 5.32 Å². The number of carbonyl (C=O) groups is 1. The van der Waals surface area contributed by atoms with E-state index in [4.69, 9.17) is 4.74 Å². The van der Waals surface area contributed by atoms with Crippen LogP contribution in [-0.2, 0) is 22.6 Å². The van der Waals surface area contributed by atoms with Crippen molar-refractivity contribution >= 4 is 5.91 Å². The minimum Gasteiger partial charge on any atom is -0.378 e. The number of nitrogens with one attached hydrogen (secondary N) is 1. The zero-order valence-electron chi connectivity index (χ0n) is 15.4. The Kier molecular flexibility index (Phi) is 6.84. The molecule has 2 aliphatic heterocycles. The number of rotatable bonds is 7. The number of likely N-dealkylation sites (N-methyl/N-ethyl adjacent to an activating group) is 1. The summed E-state index contributed by atoms with van der Waals surface area (Å²) in [5, 5.41) is 3.04. The summed E-state index contributed by atoms with van der Waals surface area (Å²) in [5.74, 6) is 0.125. The van der Waals surface area contributed by atoms with E-state index in [-0.39, 0.29) is 12.0 Å². The Hall–Kier alpha value is -1.43. The molecule has 1 amide bonds. The third-order valence-electron chi connectivity index (χ3n) is 5.20. The summed E-state index contributed by atoms with van der Waals surface area (Å²) >= 11 is 0. The second-order valence-corrected chi connectivity index (χ2v) is 7.35. The molecule has 0 saturated carbocycles. The normalized spacial score (nSPS) is 22.2. The van der Waals surface area contributed by atoms with E-state index < -0.39 is 0 Å². The van der Waals surface area contributed by atoms with Gasteiger partial charge in [-0.1, -0.05) is 24.3 Å². The molecule has 1 atom stereocenters. The molecule has 3 rings (SSSR count). The van der Waals surface area contributed by atoms with Gasteiger partial charge >= 0.3 is 0 Å². The Labute approximate surface area is 151 Å². The fourth-order valence-corrected chi connectivity index (χ4v) is 3.56. The Morgan fingerprint density at radius 1 is 1.24 bits per heavy atom. The molecule has 5 nitrogen and oxygen atoms in total. The van der Waals surface area contributed by atoms with E-state index >= 15 is 0 Å². The van der Waals surface area contributed by atoms with Gasteiger partial charge in [0.05, 0.1) is 6.10 Å². The maximum Gasteiger partial charge on any atom is 0.220 e. The second-order valence-electron chi connectivity index (χ2n) is 7.35. The molecule has 25 heavy (non-hydrogen) atoms. The first-order chi connectivity index (χ1) is 12.2. The highest BCUT2D eigenvalue weighted by Gasteiger charge is 2.17. The zero-order chi connectivity index (χ0) is 17.5. The number of ether oxygens (including phenoxy) is 1. The summed E-state index contributed by atoms with van der Waals surface area (Å²) < 4.78 is 5.57. The van der Waals surface area contributed by atoms with Crippen LogP contribution in [0.4, 0.5) is 0 Å². The Morgan fingerprint density at radius 3 is 2.80 bits per heavy atom. The van der Waals surface area contributed by atoms with E-state index in [0.717, 1.165) is 58.6 Å². The van der Waals surface area contributed by atoms with Gasteiger partial charge in [-0.3, -0.25) is 9.69 Å². The molecule has 0 unspecified atom stereocenters. The van der Waals surface area contributed by atoms with Crippen LogP contribution in [0.25, 0.3) is 0 Å². The van der Waals surface area contributed by atoms with Crippen molar-refractivity contribution in [3.8, 4) is 0 Å². The molecule has 0 radical (unpaired) electrons. The van der Waals surface area contributed by atoms with Crippen molar-refractivity contribution in [1.82, 2.24) is 15.1 Å². The molecule has 1 aromatic carbocycles. The average Bonchev–Trinajstić information content (AvgIpc) is 3.14. The van der Waals surface area contributed by atoms with Gasteiger partial charge < -0.3 is 15.0 Å². The lowest BCUT2D eigenvalue weighted by molar-refractivity contribution is -0.121. The third kappa shape index (κ3) is 6.10. The fourth-order valence-electron chi connectivity index (χ4n) is 3.56.